The Morgan fingerprint density at radius 1 is 1.26 bits per heavy atom. The van der Waals surface area contributed by atoms with Gasteiger partial charge in [0.05, 0.1) is 0 Å². The average molecular weight is 261 g/mol. The third-order valence-corrected chi connectivity index (χ3v) is 4.11. The molecule has 0 saturated carbocycles. The smallest absolute Gasteiger partial charge is 0.423 e. The van der Waals surface area contributed by atoms with Crippen molar-refractivity contribution in [2.45, 2.75) is 51.6 Å². The summed E-state index contributed by atoms with van der Waals surface area (Å²) in [5.74, 6) is 0. The van der Waals surface area contributed by atoms with E-state index in [1.807, 2.05) is 12.1 Å². The van der Waals surface area contributed by atoms with Gasteiger partial charge in [-0.15, -0.1) is 0 Å². The Kier molecular flexibility index (Phi) is 5.43. The van der Waals surface area contributed by atoms with E-state index < -0.39 is 7.12 Å². The van der Waals surface area contributed by atoms with Gasteiger partial charge in [-0.3, -0.25) is 4.90 Å². The van der Waals surface area contributed by atoms with Crippen molar-refractivity contribution in [2.24, 2.45) is 0 Å². The van der Waals surface area contributed by atoms with Gasteiger partial charge in [0.1, 0.15) is 0 Å². The molecule has 2 N–H and O–H groups in total. The van der Waals surface area contributed by atoms with E-state index in [2.05, 4.69) is 17.9 Å². The first-order valence-electron chi connectivity index (χ1n) is 7.39. The number of hydrogen-bond acceptors (Lipinski definition) is 3. The molecule has 4 heteroatoms. The minimum absolute atomic E-state index is 0.584. The molecule has 0 amide bonds. The fraction of sp³-hybridized carbons (Fsp3) is 0.600. The summed E-state index contributed by atoms with van der Waals surface area (Å²) in [6.45, 7) is 4.33. The number of rotatable bonds is 4. The van der Waals surface area contributed by atoms with Gasteiger partial charge < -0.3 is 10.0 Å². The van der Waals surface area contributed by atoms with E-state index in [-0.39, 0.29) is 0 Å². The highest BCUT2D eigenvalue weighted by atomic mass is 16.4. The normalized spacial score (nSPS) is 21.1. The molecule has 0 radical (unpaired) electrons. The predicted molar refractivity (Wildman–Crippen MR) is 79.2 cm³/mol. The first kappa shape index (κ1) is 14.6. The lowest BCUT2D eigenvalue weighted by Crippen LogP contribution is -2.35. The zero-order valence-corrected chi connectivity index (χ0v) is 11.8. The van der Waals surface area contributed by atoms with Gasteiger partial charge in [-0.05, 0) is 36.8 Å². The molecular weight excluding hydrogens is 237 g/mol. The lowest BCUT2D eigenvalue weighted by atomic mass is 9.79. The van der Waals surface area contributed by atoms with Gasteiger partial charge in [0.25, 0.3) is 0 Å². The highest BCUT2D eigenvalue weighted by molar-refractivity contribution is 6.58. The van der Waals surface area contributed by atoms with Crippen LogP contribution in [0.2, 0.25) is 0 Å². The zero-order valence-electron chi connectivity index (χ0n) is 11.8. The van der Waals surface area contributed by atoms with E-state index in [4.69, 9.17) is 0 Å². The van der Waals surface area contributed by atoms with Crippen LogP contribution in [0.1, 0.15) is 44.6 Å². The predicted octanol–water partition coefficient (Wildman–Crippen LogP) is 1.52. The van der Waals surface area contributed by atoms with Crippen molar-refractivity contribution in [3.8, 4) is 0 Å². The Balaban J connectivity index is 2.07. The van der Waals surface area contributed by atoms with Crippen LogP contribution >= 0.6 is 0 Å². The van der Waals surface area contributed by atoms with Gasteiger partial charge in [0, 0.05) is 12.6 Å². The summed E-state index contributed by atoms with van der Waals surface area (Å²) in [5.41, 5.74) is 1.76. The molecule has 0 aromatic heterocycles. The molecule has 1 saturated heterocycles. The van der Waals surface area contributed by atoms with E-state index in [0.29, 0.717) is 11.5 Å². The number of likely N-dealkylation sites (tertiary alicyclic amines) is 1. The third-order valence-electron chi connectivity index (χ3n) is 4.11. The van der Waals surface area contributed by atoms with Crippen LogP contribution in [0.15, 0.2) is 24.3 Å². The summed E-state index contributed by atoms with van der Waals surface area (Å²) in [7, 11) is -1.37. The first-order chi connectivity index (χ1) is 9.20. The van der Waals surface area contributed by atoms with Gasteiger partial charge in [-0.25, -0.2) is 0 Å². The molecule has 0 bridgehead atoms. The molecular formula is C15H24BNO2. The summed E-state index contributed by atoms with van der Waals surface area (Å²) in [6.07, 6.45) is 6.44. The molecule has 1 aromatic carbocycles. The van der Waals surface area contributed by atoms with Gasteiger partial charge in [-0.2, -0.15) is 0 Å². The molecule has 3 nitrogen and oxygen atoms in total. The monoisotopic (exact) mass is 261 g/mol. The summed E-state index contributed by atoms with van der Waals surface area (Å²) in [6, 6.07) is 8.31. The second-order valence-electron chi connectivity index (χ2n) is 5.50. The van der Waals surface area contributed by atoms with Crippen molar-refractivity contribution in [1.29, 1.82) is 0 Å². The standard InChI is InChI=1S/C15H24BNO2/c1-2-15-9-4-3-5-10-17(15)12-13-7-6-8-14(11-13)16(18)19/h6-8,11,15,18-19H,2-5,9-10,12H2,1H3. The Morgan fingerprint density at radius 3 is 2.84 bits per heavy atom. The lowest BCUT2D eigenvalue weighted by molar-refractivity contribution is 0.186. The summed E-state index contributed by atoms with van der Waals surface area (Å²) in [5, 5.41) is 18.5. The molecule has 1 atom stereocenters. The summed E-state index contributed by atoms with van der Waals surface area (Å²) >= 11 is 0. The van der Waals surface area contributed by atoms with Crippen molar-refractivity contribution < 1.29 is 10.0 Å². The molecule has 19 heavy (non-hydrogen) atoms. The van der Waals surface area contributed by atoms with E-state index in [9.17, 15) is 10.0 Å². The van der Waals surface area contributed by atoms with Crippen LogP contribution in [0.4, 0.5) is 0 Å². The molecule has 1 aromatic rings. The molecule has 1 aliphatic heterocycles. The van der Waals surface area contributed by atoms with Crippen molar-refractivity contribution in [3.63, 3.8) is 0 Å². The molecule has 1 fully saturated rings. The Morgan fingerprint density at radius 2 is 2.11 bits per heavy atom. The van der Waals surface area contributed by atoms with Gasteiger partial charge >= 0.3 is 7.12 Å². The van der Waals surface area contributed by atoms with Gasteiger partial charge in [0.2, 0.25) is 0 Å². The van der Waals surface area contributed by atoms with Crippen LogP contribution < -0.4 is 5.46 Å². The minimum atomic E-state index is -1.37. The summed E-state index contributed by atoms with van der Waals surface area (Å²) in [4.78, 5) is 2.55. The fourth-order valence-corrected chi connectivity index (χ4v) is 2.99. The largest absolute Gasteiger partial charge is 0.488 e. The van der Waals surface area contributed by atoms with Crippen molar-refractivity contribution in [3.05, 3.63) is 29.8 Å². The summed E-state index contributed by atoms with van der Waals surface area (Å²) < 4.78 is 0. The van der Waals surface area contributed by atoms with Crippen LogP contribution in [0, 0.1) is 0 Å². The lowest BCUT2D eigenvalue weighted by Gasteiger charge is -2.29. The molecule has 1 aliphatic rings. The van der Waals surface area contributed by atoms with Gasteiger partial charge in [-0.1, -0.05) is 44.0 Å². The highest BCUT2D eigenvalue weighted by Gasteiger charge is 2.20. The molecule has 0 aliphatic carbocycles. The molecule has 2 rings (SSSR count). The highest BCUT2D eigenvalue weighted by Crippen LogP contribution is 2.21. The second kappa shape index (κ2) is 7.08. The molecule has 104 valence electrons. The van der Waals surface area contributed by atoms with Crippen LogP contribution in [-0.4, -0.2) is 34.7 Å². The molecule has 1 heterocycles. The number of hydrogen-bond donors (Lipinski definition) is 2. The average Bonchev–Trinajstić information content (AvgIpc) is 2.64. The maximum Gasteiger partial charge on any atom is 0.488 e. The number of nitrogens with zero attached hydrogens (tertiary/aromatic N) is 1. The third kappa shape index (κ3) is 4.06. The van der Waals surface area contributed by atoms with Crippen LogP contribution in [-0.2, 0) is 6.54 Å². The molecule has 0 spiro atoms. The van der Waals surface area contributed by atoms with E-state index in [1.54, 1.807) is 6.07 Å². The maximum atomic E-state index is 9.24. The first-order valence-corrected chi connectivity index (χ1v) is 7.39. The Hall–Kier alpha value is -0.835. The minimum Gasteiger partial charge on any atom is -0.423 e. The van der Waals surface area contributed by atoms with Crippen molar-refractivity contribution in [2.75, 3.05) is 6.54 Å². The molecule has 1 unspecified atom stereocenters. The number of benzene rings is 1. The van der Waals surface area contributed by atoms with Crippen LogP contribution in [0.3, 0.4) is 0 Å². The quantitative estimate of drug-likeness (QED) is 0.808. The van der Waals surface area contributed by atoms with E-state index in [1.165, 1.54) is 37.7 Å². The van der Waals surface area contributed by atoms with E-state index in [0.717, 1.165) is 13.1 Å². The Bertz CT molecular complexity index is 397. The maximum absolute atomic E-state index is 9.24. The van der Waals surface area contributed by atoms with Crippen LogP contribution in [0.25, 0.3) is 0 Å². The van der Waals surface area contributed by atoms with Crippen molar-refractivity contribution in [1.82, 2.24) is 4.90 Å². The van der Waals surface area contributed by atoms with Crippen molar-refractivity contribution >= 4 is 12.6 Å². The fourth-order valence-electron chi connectivity index (χ4n) is 2.99. The second-order valence-corrected chi connectivity index (χ2v) is 5.50. The van der Waals surface area contributed by atoms with E-state index >= 15 is 0 Å². The SMILES string of the molecule is CCC1CCCCCN1Cc1cccc(B(O)O)c1. The zero-order chi connectivity index (χ0) is 13.7. The van der Waals surface area contributed by atoms with Crippen LogP contribution in [0.5, 0.6) is 0 Å². The van der Waals surface area contributed by atoms with Gasteiger partial charge in [0.15, 0.2) is 0 Å². The topological polar surface area (TPSA) is 43.7 Å². The Labute approximate surface area is 116 Å².